The van der Waals surface area contributed by atoms with Gasteiger partial charge >= 0.3 is 0 Å². The fraction of sp³-hybridized carbons (Fsp3) is 0.273. The van der Waals surface area contributed by atoms with Gasteiger partial charge in [0.15, 0.2) is 5.78 Å². The van der Waals surface area contributed by atoms with E-state index in [0.29, 0.717) is 11.1 Å². The number of Topliss-reactive ketones (excluding diaryl/α,β-unsaturated/α-hetero) is 1. The predicted molar refractivity (Wildman–Crippen MR) is 55.7 cm³/mol. The van der Waals surface area contributed by atoms with Crippen molar-refractivity contribution in [3.63, 3.8) is 0 Å². The van der Waals surface area contributed by atoms with Crippen molar-refractivity contribution >= 4 is 16.7 Å². The Balaban J connectivity index is 2.51. The lowest BCUT2D eigenvalue weighted by atomic mass is 10.1. The summed E-state index contributed by atoms with van der Waals surface area (Å²) in [5, 5.41) is 4.62. The summed E-state index contributed by atoms with van der Waals surface area (Å²) in [6.45, 7) is 0.986. The molecule has 84 valence electrons. The smallest absolute Gasteiger partial charge is 0.257 e. The van der Waals surface area contributed by atoms with Crippen molar-refractivity contribution in [3.8, 4) is 0 Å². The highest BCUT2D eigenvalue weighted by molar-refractivity contribution is 5.97. The summed E-state index contributed by atoms with van der Waals surface area (Å²) in [7, 11) is 0. The van der Waals surface area contributed by atoms with Crippen LogP contribution in [0, 0.1) is 0 Å². The van der Waals surface area contributed by atoms with E-state index in [1.165, 1.54) is 17.8 Å². The maximum atomic E-state index is 12.3. The molecule has 0 aliphatic heterocycles. The van der Waals surface area contributed by atoms with Gasteiger partial charge in [-0.1, -0.05) is 12.1 Å². The van der Waals surface area contributed by atoms with Gasteiger partial charge in [-0.25, -0.2) is 8.78 Å². The molecule has 0 atom stereocenters. The highest BCUT2D eigenvalue weighted by Crippen LogP contribution is 2.17. The Labute approximate surface area is 90.7 Å². The molecule has 0 aliphatic rings. The van der Waals surface area contributed by atoms with Gasteiger partial charge in [0.05, 0.1) is 11.7 Å². The molecular formula is C11H10F2N2O. The lowest BCUT2D eigenvalue weighted by molar-refractivity contribution is 0.101. The molecule has 0 fully saturated rings. The monoisotopic (exact) mass is 224 g/mol. The van der Waals surface area contributed by atoms with Gasteiger partial charge in [0.2, 0.25) is 0 Å². The molecule has 5 heteroatoms. The first-order chi connectivity index (χ1) is 7.58. The molecule has 2 rings (SSSR count). The number of carbonyl (C=O) groups is 1. The van der Waals surface area contributed by atoms with E-state index >= 15 is 0 Å². The number of benzene rings is 1. The third-order valence-corrected chi connectivity index (χ3v) is 2.36. The first-order valence-corrected chi connectivity index (χ1v) is 4.82. The summed E-state index contributed by atoms with van der Waals surface area (Å²) in [6, 6.07) is 4.97. The zero-order chi connectivity index (χ0) is 11.7. The van der Waals surface area contributed by atoms with Crippen molar-refractivity contribution in [2.45, 2.75) is 19.9 Å². The zero-order valence-electron chi connectivity index (χ0n) is 8.65. The molecule has 0 radical (unpaired) electrons. The molecule has 0 N–H and O–H groups in total. The van der Waals surface area contributed by atoms with Gasteiger partial charge in [0.25, 0.3) is 6.43 Å². The van der Waals surface area contributed by atoms with E-state index in [-0.39, 0.29) is 5.78 Å². The number of hydrogen-bond donors (Lipinski definition) is 0. The first-order valence-electron chi connectivity index (χ1n) is 4.82. The molecule has 1 aromatic heterocycles. The summed E-state index contributed by atoms with van der Waals surface area (Å²) in [5.74, 6) is -0.0910. The SMILES string of the molecule is CC(=O)c1ccc2cnn(CC(F)F)c2c1. The zero-order valence-corrected chi connectivity index (χ0v) is 8.65. The van der Waals surface area contributed by atoms with Gasteiger partial charge in [0.1, 0.15) is 6.54 Å². The number of carbonyl (C=O) groups excluding carboxylic acids is 1. The van der Waals surface area contributed by atoms with Crippen molar-refractivity contribution in [2.24, 2.45) is 0 Å². The highest BCUT2D eigenvalue weighted by Gasteiger charge is 2.10. The summed E-state index contributed by atoms with van der Waals surface area (Å²) in [5.41, 5.74) is 1.07. The molecule has 2 aromatic rings. The number of alkyl halides is 2. The molecule has 0 aliphatic carbocycles. The van der Waals surface area contributed by atoms with Crippen LogP contribution in [0.25, 0.3) is 10.9 Å². The molecule has 0 saturated carbocycles. The molecular weight excluding hydrogens is 214 g/mol. The standard InChI is InChI=1S/C11H10F2N2O/c1-7(16)8-2-3-9-5-14-15(6-11(12)13)10(9)4-8/h2-5,11H,6H2,1H3. The Kier molecular flexibility index (Phi) is 2.68. The summed E-state index contributed by atoms with van der Waals surface area (Å²) >= 11 is 0. The fourth-order valence-corrected chi connectivity index (χ4v) is 1.57. The van der Waals surface area contributed by atoms with Gasteiger partial charge in [-0.05, 0) is 13.0 Å². The van der Waals surface area contributed by atoms with Crippen LogP contribution in [0.15, 0.2) is 24.4 Å². The minimum Gasteiger partial charge on any atom is -0.295 e. The third kappa shape index (κ3) is 1.93. The van der Waals surface area contributed by atoms with Crippen LogP contribution < -0.4 is 0 Å². The minimum absolute atomic E-state index is 0.0910. The number of nitrogens with zero attached hydrogens (tertiary/aromatic N) is 2. The molecule has 1 aromatic carbocycles. The van der Waals surface area contributed by atoms with Crippen LogP contribution in [0.3, 0.4) is 0 Å². The van der Waals surface area contributed by atoms with Crippen LogP contribution >= 0.6 is 0 Å². The molecule has 16 heavy (non-hydrogen) atoms. The normalized spacial score (nSPS) is 11.2. The van der Waals surface area contributed by atoms with Crippen LogP contribution in [-0.4, -0.2) is 22.0 Å². The Morgan fingerprint density at radius 1 is 1.50 bits per heavy atom. The molecule has 0 saturated heterocycles. The van der Waals surface area contributed by atoms with E-state index in [4.69, 9.17) is 0 Å². The number of aromatic nitrogens is 2. The molecule has 0 amide bonds. The quantitative estimate of drug-likeness (QED) is 0.751. The van der Waals surface area contributed by atoms with Crippen molar-refractivity contribution in [1.82, 2.24) is 9.78 Å². The highest BCUT2D eigenvalue weighted by atomic mass is 19.3. The number of halogens is 2. The molecule has 1 heterocycles. The first kappa shape index (κ1) is 10.7. The van der Waals surface area contributed by atoms with Crippen LogP contribution in [-0.2, 0) is 6.54 Å². The van der Waals surface area contributed by atoms with Crippen molar-refractivity contribution in [3.05, 3.63) is 30.0 Å². The van der Waals surface area contributed by atoms with Gasteiger partial charge in [-0.3, -0.25) is 9.48 Å². The predicted octanol–water partition coefficient (Wildman–Crippen LogP) is 2.50. The van der Waals surface area contributed by atoms with Gasteiger partial charge in [0, 0.05) is 10.9 Å². The summed E-state index contributed by atoms with van der Waals surface area (Å²) in [4.78, 5) is 11.2. The van der Waals surface area contributed by atoms with Crippen LogP contribution in [0.2, 0.25) is 0 Å². The van der Waals surface area contributed by atoms with Gasteiger partial charge < -0.3 is 0 Å². The van der Waals surface area contributed by atoms with Gasteiger partial charge in [-0.2, -0.15) is 5.10 Å². The Morgan fingerprint density at radius 3 is 2.88 bits per heavy atom. The second kappa shape index (κ2) is 4.00. The van der Waals surface area contributed by atoms with E-state index in [2.05, 4.69) is 5.10 Å². The molecule has 0 spiro atoms. The summed E-state index contributed by atoms with van der Waals surface area (Å²) < 4.78 is 25.7. The Morgan fingerprint density at radius 2 is 2.25 bits per heavy atom. The summed E-state index contributed by atoms with van der Waals surface area (Å²) in [6.07, 6.45) is -0.939. The third-order valence-electron chi connectivity index (χ3n) is 2.36. The topological polar surface area (TPSA) is 34.9 Å². The number of fused-ring (bicyclic) bond motifs is 1. The average molecular weight is 224 g/mol. The Hall–Kier alpha value is -1.78. The number of ketones is 1. The van der Waals surface area contributed by atoms with Gasteiger partial charge in [-0.15, -0.1) is 0 Å². The lowest BCUT2D eigenvalue weighted by Gasteiger charge is -2.03. The molecule has 0 bridgehead atoms. The molecule has 0 unspecified atom stereocenters. The van der Waals surface area contributed by atoms with Crippen LogP contribution in [0.4, 0.5) is 8.78 Å². The largest absolute Gasteiger partial charge is 0.295 e. The van der Waals surface area contributed by atoms with Crippen molar-refractivity contribution in [1.29, 1.82) is 0 Å². The second-order valence-electron chi connectivity index (χ2n) is 3.55. The van der Waals surface area contributed by atoms with Crippen molar-refractivity contribution in [2.75, 3.05) is 0 Å². The van der Waals surface area contributed by atoms with Crippen molar-refractivity contribution < 1.29 is 13.6 Å². The van der Waals surface area contributed by atoms with E-state index in [1.807, 2.05) is 0 Å². The second-order valence-corrected chi connectivity index (χ2v) is 3.55. The van der Waals surface area contributed by atoms with E-state index in [9.17, 15) is 13.6 Å². The van der Waals surface area contributed by atoms with E-state index in [1.54, 1.807) is 18.2 Å². The average Bonchev–Trinajstić information content (AvgIpc) is 2.60. The fourth-order valence-electron chi connectivity index (χ4n) is 1.57. The van der Waals surface area contributed by atoms with E-state index in [0.717, 1.165) is 5.39 Å². The number of rotatable bonds is 3. The van der Waals surface area contributed by atoms with Crippen LogP contribution in [0.1, 0.15) is 17.3 Å². The van der Waals surface area contributed by atoms with E-state index < -0.39 is 13.0 Å². The minimum atomic E-state index is -2.45. The number of hydrogen-bond acceptors (Lipinski definition) is 2. The Bertz CT molecular complexity index is 534. The maximum absolute atomic E-state index is 12.3. The lowest BCUT2D eigenvalue weighted by Crippen LogP contribution is -2.07. The molecule has 3 nitrogen and oxygen atoms in total. The maximum Gasteiger partial charge on any atom is 0.257 e. The van der Waals surface area contributed by atoms with Crippen LogP contribution in [0.5, 0.6) is 0 Å².